The molecule has 0 aliphatic heterocycles. The van der Waals surface area contributed by atoms with Crippen molar-refractivity contribution in [2.24, 2.45) is 0 Å². The number of hydrogen-bond donors (Lipinski definition) is 1. The Hall–Kier alpha value is -0.546. The molecule has 0 saturated heterocycles. The van der Waals surface area contributed by atoms with Crippen molar-refractivity contribution < 1.29 is 0 Å². The summed E-state index contributed by atoms with van der Waals surface area (Å²) in [6.45, 7) is 0. The van der Waals surface area contributed by atoms with Crippen molar-refractivity contribution in [3.05, 3.63) is 29.8 Å². The second-order valence-corrected chi connectivity index (χ2v) is 6.95. The molecular weight excluding hydrogens is 154 g/mol. The molecule has 1 aromatic rings. The number of rotatable bonds is 2. The van der Waals surface area contributed by atoms with Gasteiger partial charge in [-0.2, -0.15) is 0 Å². The van der Waals surface area contributed by atoms with Gasteiger partial charge in [0.1, 0.15) is 0 Å². The van der Waals surface area contributed by atoms with E-state index in [2.05, 4.69) is 12.1 Å². The molecule has 0 spiro atoms. The first-order valence-corrected chi connectivity index (χ1v) is 10.3. The van der Waals surface area contributed by atoms with Gasteiger partial charge in [-0.15, -0.1) is 0 Å². The molecule has 2 N–H and O–H groups in total. The van der Waals surface area contributed by atoms with E-state index in [0.29, 0.717) is 0 Å². The lowest BCUT2D eigenvalue weighted by atomic mass is 10.2. The number of anilines is 1. The van der Waals surface area contributed by atoms with Crippen LogP contribution in [0.5, 0.6) is 0 Å². The Bertz CT molecular complexity index is 213. The van der Waals surface area contributed by atoms with Crippen LogP contribution in [0.25, 0.3) is 0 Å². The summed E-state index contributed by atoms with van der Waals surface area (Å²) in [5.74, 6) is 0. The van der Waals surface area contributed by atoms with E-state index in [1.165, 1.54) is 21.4 Å². The van der Waals surface area contributed by atoms with Crippen LogP contribution in [0.2, 0.25) is 0 Å². The Morgan fingerprint density at radius 2 is 2.10 bits per heavy atom. The zero-order valence-corrected chi connectivity index (χ0v) is 9.72. The summed E-state index contributed by atoms with van der Waals surface area (Å²) in [6, 6.07) is 9.48. The summed E-state index contributed by atoms with van der Waals surface area (Å²) < 4.78 is 0. The highest BCUT2D eigenvalue weighted by Gasteiger charge is 1.93. The Morgan fingerprint density at radius 3 is 2.70 bits per heavy atom. The van der Waals surface area contributed by atoms with Gasteiger partial charge < -0.3 is 5.73 Å². The fourth-order valence-electron chi connectivity index (χ4n) is 1.03. The summed E-state index contributed by atoms with van der Waals surface area (Å²) in [7, 11) is 1.66. The Kier molecular flexibility index (Phi) is 2.71. The van der Waals surface area contributed by atoms with Gasteiger partial charge in [0.25, 0.3) is 0 Å². The highest BCUT2D eigenvalue weighted by atomic mass is 29.1. The molecule has 0 radical (unpaired) electrons. The molecule has 0 aromatic heterocycles. The Balaban J connectivity index is 2.81. The van der Waals surface area contributed by atoms with Crippen molar-refractivity contribution in [3.63, 3.8) is 0 Å². The maximum atomic E-state index is 5.74. The van der Waals surface area contributed by atoms with Crippen LogP contribution >= 0.6 is 0 Å². The molecule has 1 aromatic carbocycles. The molecular formula is C7H13NSi2. The van der Waals surface area contributed by atoms with Crippen LogP contribution in [0.3, 0.4) is 0 Å². The van der Waals surface area contributed by atoms with Crippen molar-refractivity contribution >= 4 is 24.5 Å². The van der Waals surface area contributed by atoms with Crippen molar-refractivity contribution in [2.45, 2.75) is 6.04 Å². The molecule has 3 heteroatoms. The molecule has 0 bridgehead atoms. The second-order valence-electron chi connectivity index (χ2n) is 2.45. The molecule has 0 saturated carbocycles. The quantitative estimate of drug-likeness (QED) is 0.454. The predicted octanol–water partition coefficient (Wildman–Crippen LogP) is -0.782. The maximum Gasteiger partial charge on any atom is 0.0343 e. The van der Waals surface area contributed by atoms with Gasteiger partial charge >= 0.3 is 0 Å². The Labute approximate surface area is 66.7 Å². The smallest absolute Gasteiger partial charge is 0.0343 e. The standard InChI is InChI=1S/C7H13NSi2/c8-7-4-2-1-3-6(7)5-10-9/h1-4H,5,8,10H2,9H3. The van der Waals surface area contributed by atoms with E-state index in [-0.39, 0.29) is 9.04 Å². The highest BCUT2D eigenvalue weighted by molar-refractivity contribution is 6.89. The van der Waals surface area contributed by atoms with Gasteiger partial charge in [0, 0.05) is 14.7 Å². The van der Waals surface area contributed by atoms with Gasteiger partial charge in [-0.25, -0.2) is 0 Å². The van der Waals surface area contributed by atoms with Gasteiger partial charge in [0.05, 0.1) is 0 Å². The zero-order valence-electron chi connectivity index (χ0n) is 6.30. The summed E-state index contributed by atoms with van der Waals surface area (Å²) in [4.78, 5) is 0. The molecule has 54 valence electrons. The fourth-order valence-corrected chi connectivity index (χ4v) is 3.64. The van der Waals surface area contributed by atoms with Crippen LogP contribution < -0.4 is 5.73 Å². The van der Waals surface area contributed by atoms with Crippen LogP contribution in [-0.2, 0) is 6.04 Å². The molecule has 0 fully saturated rings. The lowest BCUT2D eigenvalue weighted by Crippen LogP contribution is -1.99. The first-order chi connectivity index (χ1) is 4.84. The minimum atomic E-state index is 0.253. The highest BCUT2D eigenvalue weighted by Crippen LogP contribution is 2.09. The first kappa shape index (κ1) is 7.56. The Morgan fingerprint density at radius 1 is 1.40 bits per heavy atom. The van der Waals surface area contributed by atoms with Gasteiger partial charge in [-0.1, -0.05) is 18.2 Å². The third-order valence-corrected chi connectivity index (χ3v) is 4.11. The first-order valence-electron chi connectivity index (χ1n) is 3.68. The van der Waals surface area contributed by atoms with Crippen molar-refractivity contribution in [1.82, 2.24) is 0 Å². The van der Waals surface area contributed by atoms with E-state index >= 15 is 0 Å². The van der Waals surface area contributed by atoms with E-state index in [1.54, 1.807) is 0 Å². The number of para-hydroxylation sites is 1. The number of nitrogens with two attached hydrogens (primary N) is 1. The van der Waals surface area contributed by atoms with E-state index in [0.717, 1.165) is 5.69 Å². The van der Waals surface area contributed by atoms with E-state index in [1.807, 2.05) is 12.1 Å². The summed E-state index contributed by atoms with van der Waals surface area (Å²) >= 11 is 0. The molecule has 1 nitrogen and oxygen atoms in total. The summed E-state index contributed by atoms with van der Waals surface area (Å²) in [6.07, 6.45) is 0. The lowest BCUT2D eigenvalue weighted by Gasteiger charge is -2.00. The fraction of sp³-hybridized carbons (Fsp3) is 0.143. The second kappa shape index (κ2) is 3.58. The van der Waals surface area contributed by atoms with Gasteiger partial charge in [0.15, 0.2) is 0 Å². The van der Waals surface area contributed by atoms with Gasteiger partial charge in [0.2, 0.25) is 0 Å². The predicted molar refractivity (Wildman–Crippen MR) is 53.0 cm³/mol. The summed E-state index contributed by atoms with van der Waals surface area (Å²) in [5.41, 5.74) is 8.09. The van der Waals surface area contributed by atoms with Gasteiger partial charge in [-0.3, -0.25) is 0 Å². The number of hydrogen-bond acceptors (Lipinski definition) is 1. The monoisotopic (exact) mass is 167 g/mol. The minimum absolute atomic E-state index is 0.253. The largest absolute Gasteiger partial charge is 0.399 e. The topological polar surface area (TPSA) is 26.0 Å². The average Bonchev–Trinajstić information content (AvgIpc) is 1.94. The van der Waals surface area contributed by atoms with Crippen molar-refractivity contribution in [3.8, 4) is 0 Å². The van der Waals surface area contributed by atoms with E-state index < -0.39 is 0 Å². The van der Waals surface area contributed by atoms with E-state index in [9.17, 15) is 0 Å². The maximum absolute atomic E-state index is 5.74. The van der Waals surface area contributed by atoms with E-state index in [4.69, 9.17) is 5.73 Å². The molecule has 10 heavy (non-hydrogen) atoms. The lowest BCUT2D eigenvalue weighted by molar-refractivity contribution is 1.40. The zero-order chi connectivity index (χ0) is 7.40. The van der Waals surface area contributed by atoms with Crippen LogP contribution in [0, 0.1) is 0 Å². The third kappa shape index (κ3) is 1.72. The average molecular weight is 167 g/mol. The minimum Gasteiger partial charge on any atom is -0.399 e. The normalized spacial score (nSPS) is 11.2. The van der Waals surface area contributed by atoms with Gasteiger partial charge in [-0.05, 0) is 27.4 Å². The molecule has 0 aliphatic rings. The SMILES string of the molecule is Nc1ccccc1C[SiH2][SiH3]. The van der Waals surface area contributed by atoms with Crippen LogP contribution in [0.15, 0.2) is 24.3 Å². The van der Waals surface area contributed by atoms with Crippen LogP contribution in [0.1, 0.15) is 5.56 Å². The molecule has 0 atom stereocenters. The number of benzene rings is 1. The molecule has 0 aliphatic carbocycles. The summed E-state index contributed by atoms with van der Waals surface area (Å²) in [5, 5.41) is 0. The van der Waals surface area contributed by atoms with Crippen LogP contribution in [0.4, 0.5) is 5.69 Å². The van der Waals surface area contributed by atoms with Crippen LogP contribution in [-0.4, -0.2) is 18.8 Å². The third-order valence-electron chi connectivity index (χ3n) is 1.57. The molecule has 0 heterocycles. The molecule has 0 amide bonds. The number of nitrogen functional groups attached to an aromatic ring is 1. The van der Waals surface area contributed by atoms with Crippen molar-refractivity contribution in [2.75, 3.05) is 5.73 Å². The molecule has 0 unspecified atom stereocenters. The van der Waals surface area contributed by atoms with Crippen molar-refractivity contribution in [1.29, 1.82) is 0 Å². The molecule has 1 rings (SSSR count).